The number of hydrogen-bond donors (Lipinski definition) is 2. The highest BCUT2D eigenvalue weighted by molar-refractivity contribution is 5.28. The Labute approximate surface area is 105 Å². The van der Waals surface area contributed by atoms with Crippen molar-refractivity contribution in [3.63, 3.8) is 0 Å². The summed E-state index contributed by atoms with van der Waals surface area (Å²) in [6, 6.07) is 5.57. The van der Waals surface area contributed by atoms with Crippen LogP contribution in [0.4, 0.5) is 13.2 Å². The molecule has 0 saturated carbocycles. The smallest absolute Gasteiger partial charge is 0.316 e. The predicted octanol–water partition coefficient (Wildman–Crippen LogP) is 2.58. The Bertz CT molecular complexity index is 397. The normalized spacial score (nSPS) is 22.1. The van der Waals surface area contributed by atoms with Gasteiger partial charge >= 0.3 is 6.18 Å². The molecule has 2 N–H and O–H groups in total. The van der Waals surface area contributed by atoms with Crippen LogP contribution in [-0.2, 0) is 6.18 Å². The summed E-state index contributed by atoms with van der Waals surface area (Å²) in [6.07, 6.45) is -3.29. The first-order chi connectivity index (χ1) is 8.52. The molecule has 0 radical (unpaired) electrons. The SMILES string of the molecule is CNC(c1cccc(C(F)(F)F)c1)C1CCNC1. The molecule has 1 aromatic carbocycles. The van der Waals surface area contributed by atoms with Crippen molar-refractivity contribution in [1.29, 1.82) is 0 Å². The van der Waals surface area contributed by atoms with Crippen LogP contribution in [0.25, 0.3) is 0 Å². The van der Waals surface area contributed by atoms with Crippen LogP contribution in [0.1, 0.15) is 23.6 Å². The minimum Gasteiger partial charge on any atom is -0.316 e. The molecule has 1 aliphatic rings. The molecule has 0 spiro atoms. The largest absolute Gasteiger partial charge is 0.416 e. The third-order valence-corrected chi connectivity index (χ3v) is 3.45. The summed E-state index contributed by atoms with van der Waals surface area (Å²) in [5.74, 6) is 0.346. The second-order valence-electron chi connectivity index (χ2n) is 4.64. The number of benzene rings is 1. The number of hydrogen-bond acceptors (Lipinski definition) is 2. The van der Waals surface area contributed by atoms with E-state index < -0.39 is 11.7 Å². The van der Waals surface area contributed by atoms with Crippen LogP contribution in [0.2, 0.25) is 0 Å². The van der Waals surface area contributed by atoms with Gasteiger partial charge in [-0.05, 0) is 50.2 Å². The lowest BCUT2D eigenvalue weighted by Gasteiger charge is -2.23. The molecule has 0 aliphatic carbocycles. The summed E-state index contributed by atoms with van der Waals surface area (Å²) in [5.41, 5.74) is 0.132. The molecule has 0 bridgehead atoms. The quantitative estimate of drug-likeness (QED) is 0.870. The summed E-state index contributed by atoms with van der Waals surface area (Å²) in [5, 5.41) is 6.37. The first kappa shape index (κ1) is 13.4. The lowest BCUT2D eigenvalue weighted by Crippen LogP contribution is -2.27. The molecule has 1 heterocycles. The van der Waals surface area contributed by atoms with Crippen molar-refractivity contribution in [3.05, 3.63) is 35.4 Å². The van der Waals surface area contributed by atoms with Gasteiger partial charge < -0.3 is 10.6 Å². The molecule has 1 aromatic rings. The summed E-state index contributed by atoms with van der Waals surface area (Å²) in [6.45, 7) is 1.78. The summed E-state index contributed by atoms with van der Waals surface area (Å²) >= 11 is 0. The van der Waals surface area contributed by atoms with E-state index in [4.69, 9.17) is 0 Å². The number of nitrogens with one attached hydrogen (secondary N) is 2. The zero-order valence-electron chi connectivity index (χ0n) is 10.2. The molecular weight excluding hydrogens is 241 g/mol. The molecule has 2 atom stereocenters. The average Bonchev–Trinajstić information content (AvgIpc) is 2.83. The van der Waals surface area contributed by atoms with Crippen LogP contribution in [0.15, 0.2) is 24.3 Å². The lowest BCUT2D eigenvalue weighted by atomic mass is 9.91. The van der Waals surface area contributed by atoms with Crippen molar-refractivity contribution < 1.29 is 13.2 Å². The topological polar surface area (TPSA) is 24.1 Å². The van der Waals surface area contributed by atoms with Gasteiger partial charge in [0.15, 0.2) is 0 Å². The second-order valence-corrected chi connectivity index (χ2v) is 4.64. The van der Waals surface area contributed by atoms with E-state index >= 15 is 0 Å². The van der Waals surface area contributed by atoms with Gasteiger partial charge in [0.2, 0.25) is 0 Å². The van der Waals surface area contributed by atoms with Crippen LogP contribution in [-0.4, -0.2) is 20.1 Å². The van der Waals surface area contributed by atoms with Crippen molar-refractivity contribution in [1.82, 2.24) is 10.6 Å². The number of halogens is 3. The number of alkyl halides is 3. The zero-order chi connectivity index (χ0) is 13.2. The molecule has 5 heteroatoms. The Morgan fingerprint density at radius 1 is 1.39 bits per heavy atom. The van der Waals surface area contributed by atoms with E-state index in [1.54, 1.807) is 13.1 Å². The Kier molecular flexibility index (Phi) is 3.92. The van der Waals surface area contributed by atoms with Crippen molar-refractivity contribution in [2.45, 2.75) is 18.6 Å². The Morgan fingerprint density at radius 2 is 2.17 bits per heavy atom. The Balaban J connectivity index is 2.25. The van der Waals surface area contributed by atoms with E-state index in [2.05, 4.69) is 10.6 Å². The first-order valence-corrected chi connectivity index (χ1v) is 6.07. The summed E-state index contributed by atoms with van der Waals surface area (Å²) in [7, 11) is 1.79. The van der Waals surface area contributed by atoms with Gasteiger partial charge in [0, 0.05) is 6.04 Å². The van der Waals surface area contributed by atoms with E-state index in [-0.39, 0.29) is 6.04 Å². The van der Waals surface area contributed by atoms with E-state index in [9.17, 15) is 13.2 Å². The Hall–Kier alpha value is -1.07. The van der Waals surface area contributed by atoms with Crippen molar-refractivity contribution in [3.8, 4) is 0 Å². The van der Waals surface area contributed by atoms with Crippen molar-refractivity contribution in [2.24, 2.45) is 5.92 Å². The minimum atomic E-state index is -4.28. The highest BCUT2D eigenvalue weighted by atomic mass is 19.4. The van der Waals surface area contributed by atoms with Crippen LogP contribution in [0, 0.1) is 5.92 Å². The van der Waals surface area contributed by atoms with Gasteiger partial charge in [-0.15, -0.1) is 0 Å². The van der Waals surface area contributed by atoms with E-state index in [0.29, 0.717) is 11.5 Å². The van der Waals surface area contributed by atoms with E-state index in [0.717, 1.165) is 25.6 Å². The van der Waals surface area contributed by atoms with Crippen molar-refractivity contribution in [2.75, 3.05) is 20.1 Å². The lowest BCUT2D eigenvalue weighted by molar-refractivity contribution is -0.137. The van der Waals surface area contributed by atoms with Crippen LogP contribution >= 0.6 is 0 Å². The molecule has 1 aliphatic heterocycles. The van der Waals surface area contributed by atoms with Crippen LogP contribution in [0.3, 0.4) is 0 Å². The van der Waals surface area contributed by atoms with Gasteiger partial charge in [-0.1, -0.05) is 12.1 Å². The molecule has 2 rings (SSSR count). The fourth-order valence-corrected chi connectivity index (χ4v) is 2.54. The van der Waals surface area contributed by atoms with Gasteiger partial charge in [-0.2, -0.15) is 13.2 Å². The molecule has 1 fully saturated rings. The van der Waals surface area contributed by atoms with Crippen LogP contribution in [0.5, 0.6) is 0 Å². The molecule has 0 aromatic heterocycles. The molecule has 100 valence electrons. The summed E-state index contributed by atoms with van der Waals surface area (Å²) in [4.78, 5) is 0. The zero-order valence-corrected chi connectivity index (χ0v) is 10.2. The maximum absolute atomic E-state index is 12.7. The molecule has 2 unspecified atom stereocenters. The third-order valence-electron chi connectivity index (χ3n) is 3.45. The van der Waals surface area contributed by atoms with Gasteiger partial charge in [0.25, 0.3) is 0 Å². The van der Waals surface area contributed by atoms with Gasteiger partial charge in [0.05, 0.1) is 5.56 Å². The van der Waals surface area contributed by atoms with E-state index in [1.165, 1.54) is 12.1 Å². The minimum absolute atomic E-state index is 0.0256. The molecular formula is C13H17F3N2. The van der Waals surface area contributed by atoms with Crippen LogP contribution < -0.4 is 10.6 Å². The van der Waals surface area contributed by atoms with Gasteiger partial charge in [-0.25, -0.2) is 0 Å². The van der Waals surface area contributed by atoms with Crippen molar-refractivity contribution >= 4 is 0 Å². The highest BCUT2D eigenvalue weighted by Gasteiger charge is 2.32. The van der Waals surface area contributed by atoms with Gasteiger partial charge in [-0.3, -0.25) is 0 Å². The summed E-state index contributed by atoms with van der Waals surface area (Å²) < 4.78 is 38.0. The third kappa shape index (κ3) is 2.84. The monoisotopic (exact) mass is 258 g/mol. The predicted molar refractivity (Wildman–Crippen MR) is 64.2 cm³/mol. The highest BCUT2D eigenvalue weighted by Crippen LogP contribution is 2.33. The molecule has 1 saturated heterocycles. The molecule has 18 heavy (non-hydrogen) atoms. The maximum Gasteiger partial charge on any atom is 0.416 e. The molecule has 0 amide bonds. The fourth-order valence-electron chi connectivity index (χ4n) is 2.54. The van der Waals surface area contributed by atoms with Gasteiger partial charge in [0.1, 0.15) is 0 Å². The first-order valence-electron chi connectivity index (χ1n) is 6.07. The standard InChI is InChI=1S/C13H17F3N2/c1-17-12(10-5-6-18-8-10)9-3-2-4-11(7-9)13(14,15)16/h2-4,7,10,12,17-18H,5-6,8H2,1H3. The molecule has 2 nitrogen and oxygen atoms in total. The Morgan fingerprint density at radius 3 is 2.72 bits per heavy atom. The average molecular weight is 258 g/mol. The fraction of sp³-hybridized carbons (Fsp3) is 0.538. The number of rotatable bonds is 3. The second kappa shape index (κ2) is 5.28. The maximum atomic E-state index is 12.7. The van der Waals surface area contributed by atoms with E-state index in [1.807, 2.05) is 0 Å².